The normalized spacial score (nSPS) is 12.8. The Morgan fingerprint density at radius 1 is 1.00 bits per heavy atom. The summed E-state index contributed by atoms with van der Waals surface area (Å²) in [6, 6.07) is 22.8. The van der Waals surface area contributed by atoms with Gasteiger partial charge in [-0.05, 0) is 54.3 Å². The van der Waals surface area contributed by atoms with E-state index >= 15 is 0 Å². The van der Waals surface area contributed by atoms with Crippen molar-refractivity contribution in [3.05, 3.63) is 89.0 Å². The fourth-order valence-electron chi connectivity index (χ4n) is 3.04. The van der Waals surface area contributed by atoms with Crippen LogP contribution in [0, 0.1) is 6.92 Å². The molecular weight excluding hydrogens is 318 g/mol. The predicted molar refractivity (Wildman–Crippen MR) is 110 cm³/mol. The molecule has 0 fully saturated rings. The molecule has 0 heterocycles. The number of benzene rings is 3. The van der Waals surface area contributed by atoms with E-state index in [2.05, 4.69) is 54.7 Å². The minimum absolute atomic E-state index is 0.00580. The van der Waals surface area contributed by atoms with Gasteiger partial charge in [-0.25, -0.2) is 0 Å². The lowest BCUT2D eigenvalue weighted by atomic mass is 10.0. The molecule has 0 bridgehead atoms. The molecule has 3 aromatic rings. The highest BCUT2D eigenvalue weighted by Gasteiger charge is 2.13. The standard InChI is InChI=1S/C24H25NO/c1-4-20(15-19-11-9-17(2)10-12-19)24(26)25-18(3)22-14-13-21-7-5-6-8-23(21)16-22/h5-16,18H,4H2,1-3H3,(H,25,26)/b20-15-. The van der Waals surface area contributed by atoms with E-state index in [9.17, 15) is 4.79 Å². The summed E-state index contributed by atoms with van der Waals surface area (Å²) in [6.45, 7) is 6.10. The van der Waals surface area contributed by atoms with Crippen LogP contribution in [0.2, 0.25) is 0 Å². The van der Waals surface area contributed by atoms with Crippen LogP contribution in [0.4, 0.5) is 0 Å². The molecule has 1 N–H and O–H groups in total. The molecule has 2 heteroatoms. The van der Waals surface area contributed by atoms with Crippen molar-refractivity contribution in [3.8, 4) is 0 Å². The number of fused-ring (bicyclic) bond motifs is 1. The molecule has 0 saturated carbocycles. The van der Waals surface area contributed by atoms with Gasteiger partial charge in [-0.1, -0.05) is 73.2 Å². The topological polar surface area (TPSA) is 29.1 Å². The summed E-state index contributed by atoms with van der Waals surface area (Å²) >= 11 is 0. The average Bonchev–Trinajstić information content (AvgIpc) is 2.67. The highest BCUT2D eigenvalue weighted by molar-refractivity contribution is 5.98. The van der Waals surface area contributed by atoms with Crippen molar-refractivity contribution >= 4 is 22.8 Å². The van der Waals surface area contributed by atoms with Gasteiger partial charge in [0.05, 0.1) is 6.04 Å². The molecule has 3 rings (SSSR count). The monoisotopic (exact) mass is 343 g/mol. The summed E-state index contributed by atoms with van der Waals surface area (Å²) < 4.78 is 0. The lowest BCUT2D eigenvalue weighted by Gasteiger charge is -2.16. The Bertz CT molecular complexity index is 938. The lowest BCUT2D eigenvalue weighted by molar-refractivity contribution is -0.118. The van der Waals surface area contributed by atoms with Gasteiger partial charge in [0.1, 0.15) is 0 Å². The SMILES string of the molecule is CC/C(=C/c1ccc(C)cc1)C(=O)NC(C)c1ccc2ccccc2c1. The van der Waals surface area contributed by atoms with Gasteiger partial charge >= 0.3 is 0 Å². The zero-order valence-corrected chi connectivity index (χ0v) is 15.6. The fraction of sp³-hybridized carbons (Fsp3) is 0.208. The molecule has 0 aliphatic heterocycles. The molecule has 3 aromatic carbocycles. The van der Waals surface area contributed by atoms with Crippen LogP contribution in [0.5, 0.6) is 0 Å². The number of hydrogen-bond acceptors (Lipinski definition) is 1. The van der Waals surface area contributed by atoms with Crippen molar-refractivity contribution < 1.29 is 4.79 Å². The fourth-order valence-corrected chi connectivity index (χ4v) is 3.04. The molecule has 26 heavy (non-hydrogen) atoms. The first-order valence-electron chi connectivity index (χ1n) is 9.13. The molecule has 1 unspecified atom stereocenters. The number of nitrogens with one attached hydrogen (secondary N) is 1. The largest absolute Gasteiger partial charge is 0.346 e. The summed E-state index contributed by atoms with van der Waals surface area (Å²) in [5, 5.41) is 5.54. The highest BCUT2D eigenvalue weighted by atomic mass is 16.1. The van der Waals surface area contributed by atoms with Gasteiger partial charge in [-0.15, -0.1) is 0 Å². The Morgan fingerprint density at radius 2 is 1.69 bits per heavy atom. The van der Waals surface area contributed by atoms with Crippen LogP contribution >= 0.6 is 0 Å². The van der Waals surface area contributed by atoms with Crippen LogP contribution in [-0.4, -0.2) is 5.91 Å². The second kappa shape index (κ2) is 8.01. The zero-order valence-electron chi connectivity index (χ0n) is 15.6. The first kappa shape index (κ1) is 17.9. The van der Waals surface area contributed by atoms with E-state index in [1.165, 1.54) is 16.3 Å². The summed E-state index contributed by atoms with van der Waals surface area (Å²) in [6.07, 6.45) is 2.67. The maximum absolute atomic E-state index is 12.7. The van der Waals surface area contributed by atoms with Gasteiger partial charge in [-0.2, -0.15) is 0 Å². The molecular formula is C24H25NO. The molecule has 0 spiro atoms. The van der Waals surface area contributed by atoms with E-state index in [1.54, 1.807) is 0 Å². The third-order valence-corrected chi connectivity index (χ3v) is 4.71. The third-order valence-electron chi connectivity index (χ3n) is 4.71. The number of aryl methyl sites for hydroxylation is 1. The number of amides is 1. The summed E-state index contributed by atoms with van der Waals surface area (Å²) in [4.78, 5) is 12.7. The second-order valence-corrected chi connectivity index (χ2v) is 6.74. The van der Waals surface area contributed by atoms with Crippen LogP contribution in [0.3, 0.4) is 0 Å². The molecule has 1 amide bonds. The Kier molecular flexibility index (Phi) is 5.52. The van der Waals surface area contributed by atoms with Crippen molar-refractivity contribution in [2.75, 3.05) is 0 Å². The minimum atomic E-state index is -0.0416. The number of carbonyl (C=O) groups is 1. The van der Waals surface area contributed by atoms with Crippen molar-refractivity contribution in [1.29, 1.82) is 0 Å². The molecule has 0 aliphatic rings. The van der Waals surface area contributed by atoms with E-state index in [-0.39, 0.29) is 11.9 Å². The predicted octanol–water partition coefficient (Wildman–Crippen LogP) is 5.82. The van der Waals surface area contributed by atoms with Crippen molar-refractivity contribution in [2.45, 2.75) is 33.2 Å². The lowest BCUT2D eigenvalue weighted by Crippen LogP contribution is -2.27. The number of carbonyl (C=O) groups excluding carboxylic acids is 1. The molecule has 1 atom stereocenters. The molecule has 132 valence electrons. The Morgan fingerprint density at radius 3 is 2.38 bits per heavy atom. The summed E-state index contributed by atoms with van der Waals surface area (Å²) in [5.41, 5.74) is 4.18. The van der Waals surface area contributed by atoms with Gasteiger partial charge in [0, 0.05) is 5.57 Å². The van der Waals surface area contributed by atoms with Crippen molar-refractivity contribution in [2.24, 2.45) is 0 Å². The molecule has 0 radical (unpaired) electrons. The first-order chi connectivity index (χ1) is 12.6. The molecule has 0 aromatic heterocycles. The summed E-state index contributed by atoms with van der Waals surface area (Å²) in [7, 11) is 0. The van der Waals surface area contributed by atoms with Gasteiger partial charge < -0.3 is 5.32 Å². The maximum atomic E-state index is 12.7. The van der Waals surface area contributed by atoms with E-state index < -0.39 is 0 Å². The number of hydrogen-bond donors (Lipinski definition) is 1. The van der Waals surface area contributed by atoms with Gasteiger partial charge in [-0.3, -0.25) is 4.79 Å². The van der Waals surface area contributed by atoms with Gasteiger partial charge in [0.15, 0.2) is 0 Å². The van der Waals surface area contributed by atoms with Crippen LogP contribution in [0.25, 0.3) is 16.8 Å². The smallest absolute Gasteiger partial charge is 0.247 e. The van der Waals surface area contributed by atoms with E-state index in [0.717, 1.165) is 16.7 Å². The number of rotatable bonds is 5. The Hall–Kier alpha value is -2.87. The van der Waals surface area contributed by atoms with Crippen LogP contribution in [0.15, 0.2) is 72.3 Å². The van der Waals surface area contributed by atoms with Crippen LogP contribution in [0.1, 0.15) is 43.0 Å². The van der Waals surface area contributed by atoms with Crippen LogP contribution < -0.4 is 5.32 Å². The molecule has 0 aliphatic carbocycles. The van der Waals surface area contributed by atoms with E-state index in [0.29, 0.717) is 6.42 Å². The average molecular weight is 343 g/mol. The Balaban J connectivity index is 1.76. The maximum Gasteiger partial charge on any atom is 0.247 e. The van der Waals surface area contributed by atoms with Gasteiger partial charge in [0.25, 0.3) is 0 Å². The van der Waals surface area contributed by atoms with E-state index in [1.807, 2.05) is 44.2 Å². The highest BCUT2D eigenvalue weighted by Crippen LogP contribution is 2.21. The molecule has 0 saturated heterocycles. The summed E-state index contributed by atoms with van der Waals surface area (Å²) in [5.74, 6) is -0.00580. The Labute approximate surface area is 155 Å². The van der Waals surface area contributed by atoms with Crippen LogP contribution in [-0.2, 0) is 4.79 Å². The van der Waals surface area contributed by atoms with Crippen molar-refractivity contribution in [1.82, 2.24) is 5.32 Å². The third kappa shape index (κ3) is 4.20. The minimum Gasteiger partial charge on any atom is -0.346 e. The molecule has 2 nitrogen and oxygen atoms in total. The first-order valence-corrected chi connectivity index (χ1v) is 9.13. The van der Waals surface area contributed by atoms with Gasteiger partial charge in [0.2, 0.25) is 5.91 Å². The van der Waals surface area contributed by atoms with E-state index in [4.69, 9.17) is 0 Å². The quantitative estimate of drug-likeness (QED) is 0.581. The van der Waals surface area contributed by atoms with Crippen molar-refractivity contribution in [3.63, 3.8) is 0 Å². The zero-order chi connectivity index (χ0) is 18.5. The second-order valence-electron chi connectivity index (χ2n) is 6.74.